The minimum Gasteiger partial charge on any atom is -0.282 e. The van der Waals surface area contributed by atoms with Gasteiger partial charge in [-0.2, -0.15) is 13.2 Å². The van der Waals surface area contributed by atoms with Crippen LogP contribution in [0.5, 0.6) is 0 Å². The average Bonchev–Trinajstić information content (AvgIpc) is 2.70. The number of rotatable bonds is 2. The van der Waals surface area contributed by atoms with E-state index in [9.17, 15) is 18.0 Å². The molecule has 1 heterocycles. The van der Waals surface area contributed by atoms with Crippen LogP contribution < -0.4 is 5.56 Å². The fourth-order valence-corrected chi connectivity index (χ4v) is 1.86. The Kier molecular flexibility index (Phi) is 3.26. The number of benzene rings is 1. The first-order chi connectivity index (χ1) is 8.79. The van der Waals surface area contributed by atoms with Crippen LogP contribution in [-0.2, 0) is 6.18 Å². The molecule has 102 valence electrons. The highest BCUT2D eigenvalue weighted by Crippen LogP contribution is 2.31. The lowest BCUT2D eigenvalue weighted by atomic mass is 10.1. The summed E-state index contributed by atoms with van der Waals surface area (Å²) in [4.78, 5) is 11.4. The van der Waals surface area contributed by atoms with Gasteiger partial charge in [-0.25, -0.2) is 0 Å². The summed E-state index contributed by atoms with van der Waals surface area (Å²) in [5.41, 5.74) is 0.169. The number of hydrogen-bond donors (Lipinski definition) is 1. The van der Waals surface area contributed by atoms with Crippen molar-refractivity contribution in [3.63, 3.8) is 0 Å². The maximum atomic E-state index is 12.5. The van der Waals surface area contributed by atoms with Crippen LogP contribution in [-0.4, -0.2) is 9.78 Å². The molecule has 0 atom stereocenters. The van der Waals surface area contributed by atoms with Gasteiger partial charge < -0.3 is 0 Å². The van der Waals surface area contributed by atoms with Crippen molar-refractivity contribution in [1.82, 2.24) is 9.78 Å². The molecular formula is C13H13F3N2O. The van der Waals surface area contributed by atoms with Gasteiger partial charge in [0, 0.05) is 12.1 Å². The first-order valence-corrected chi connectivity index (χ1v) is 5.78. The lowest BCUT2D eigenvalue weighted by Crippen LogP contribution is -2.08. The lowest BCUT2D eigenvalue weighted by Gasteiger charge is -2.12. The Labute approximate surface area is 107 Å². The Balaban J connectivity index is 2.46. The molecule has 0 amide bonds. The molecule has 0 aliphatic carbocycles. The lowest BCUT2D eigenvalue weighted by molar-refractivity contribution is -0.137. The normalized spacial score (nSPS) is 12.1. The Morgan fingerprint density at radius 3 is 2.21 bits per heavy atom. The van der Waals surface area contributed by atoms with Crippen LogP contribution in [0.3, 0.4) is 0 Å². The van der Waals surface area contributed by atoms with Crippen molar-refractivity contribution < 1.29 is 13.2 Å². The van der Waals surface area contributed by atoms with Crippen molar-refractivity contribution in [3.05, 3.63) is 46.2 Å². The van der Waals surface area contributed by atoms with Gasteiger partial charge in [0.05, 0.1) is 11.3 Å². The van der Waals surface area contributed by atoms with Gasteiger partial charge in [0.2, 0.25) is 0 Å². The third-order valence-electron chi connectivity index (χ3n) is 2.78. The molecule has 0 bridgehead atoms. The van der Waals surface area contributed by atoms with Gasteiger partial charge in [-0.3, -0.25) is 14.6 Å². The molecule has 0 spiro atoms. The predicted octanol–water partition coefficient (Wildman–Crippen LogP) is 3.44. The quantitative estimate of drug-likeness (QED) is 0.891. The average molecular weight is 270 g/mol. The summed E-state index contributed by atoms with van der Waals surface area (Å²) in [7, 11) is 0. The number of aromatic amines is 1. The summed E-state index contributed by atoms with van der Waals surface area (Å²) in [6.07, 6.45) is -4.35. The smallest absolute Gasteiger partial charge is 0.282 e. The molecule has 0 saturated heterocycles. The number of halogens is 3. The van der Waals surface area contributed by atoms with Crippen LogP contribution in [0.2, 0.25) is 0 Å². The molecule has 1 N–H and O–H groups in total. The second-order valence-corrected chi connectivity index (χ2v) is 4.54. The fraction of sp³-hybridized carbons (Fsp3) is 0.308. The molecule has 3 nitrogen and oxygen atoms in total. The van der Waals surface area contributed by atoms with Gasteiger partial charge in [-0.05, 0) is 31.5 Å². The van der Waals surface area contributed by atoms with Crippen LogP contribution >= 0.6 is 0 Å². The summed E-state index contributed by atoms with van der Waals surface area (Å²) < 4.78 is 39.0. The van der Waals surface area contributed by atoms with E-state index in [1.807, 2.05) is 13.8 Å². The standard InChI is InChI=1S/C13H13F3N2O/c1-8(2)18-11(7-12(19)17-18)9-3-5-10(6-4-9)13(14,15)16/h3-8H,1-2H3,(H,17,19). The molecule has 1 aromatic carbocycles. The molecule has 2 rings (SSSR count). The van der Waals surface area contributed by atoms with E-state index in [2.05, 4.69) is 5.10 Å². The van der Waals surface area contributed by atoms with Gasteiger partial charge in [0.15, 0.2) is 0 Å². The van der Waals surface area contributed by atoms with Crippen molar-refractivity contribution in [1.29, 1.82) is 0 Å². The molecule has 2 aromatic rings. The van der Waals surface area contributed by atoms with Crippen LogP contribution in [0.4, 0.5) is 13.2 Å². The molecule has 0 radical (unpaired) electrons. The number of H-pyrrole nitrogens is 1. The molecular weight excluding hydrogens is 257 g/mol. The third kappa shape index (κ3) is 2.72. The highest BCUT2D eigenvalue weighted by atomic mass is 19.4. The van der Waals surface area contributed by atoms with E-state index in [0.29, 0.717) is 11.3 Å². The molecule has 0 fully saturated rings. The zero-order valence-electron chi connectivity index (χ0n) is 10.5. The van der Waals surface area contributed by atoms with Crippen molar-refractivity contribution in [2.24, 2.45) is 0 Å². The zero-order chi connectivity index (χ0) is 14.2. The van der Waals surface area contributed by atoms with Crippen LogP contribution in [0.1, 0.15) is 25.5 Å². The second-order valence-electron chi connectivity index (χ2n) is 4.54. The largest absolute Gasteiger partial charge is 0.416 e. The molecule has 0 aliphatic rings. The molecule has 1 aromatic heterocycles. The predicted molar refractivity (Wildman–Crippen MR) is 65.9 cm³/mol. The van der Waals surface area contributed by atoms with Gasteiger partial charge in [-0.15, -0.1) is 0 Å². The van der Waals surface area contributed by atoms with Crippen LogP contribution in [0.15, 0.2) is 35.1 Å². The monoisotopic (exact) mass is 270 g/mol. The topological polar surface area (TPSA) is 37.8 Å². The Bertz CT molecular complexity index is 621. The van der Waals surface area contributed by atoms with Crippen molar-refractivity contribution in [2.75, 3.05) is 0 Å². The van der Waals surface area contributed by atoms with E-state index in [0.717, 1.165) is 12.1 Å². The summed E-state index contributed by atoms with van der Waals surface area (Å²) in [6.45, 7) is 3.76. The van der Waals surface area contributed by atoms with Crippen molar-refractivity contribution in [2.45, 2.75) is 26.1 Å². The minimum absolute atomic E-state index is 0.0139. The molecule has 6 heteroatoms. The van der Waals surface area contributed by atoms with Gasteiger partial charge in [0.25, 0.3) is 5.56 Å². The number of hydrogen-bond acceptors (Lipinski definition) is 1. The van der Waals surface area contributed by atoms with E-state index in [1.54, 1.807) is 4.68 Å². The summed E-state index contributed by atoms with van der Waals surface area (Å²) >= 11 is 0. The fourth-order valence-electron chi connectivity index (χ4n) is 1.86. The number of aromatic nitrogens is 2. The molecule has 0 saturated carbocycles. The Morgan fingerprint density at radius 2 is 1.74 bits per heavy atom. The number of alkyl halides is 3. The summed E-state index contributed by atoms with van der Waals surface area (Å²) in [6, 6.07) is 6.15. The van der Waals surface area contributed by atoms with Crippen LogP contribution in [0, 0.1) is 0 Å². The SMILES string of the molecule is CC(C)n1[nH]c(=O)cc1-c1ccc(C(F)(F)F)cc1. The molecule has 19 heavy (non-hydrogen) atoms. The maximum Gasteiger partial charge on any atom is 0.416 e. The van der Waals surface area contributed by atoms with E-state index in [-0.39, 0.29) is 11.6 Å². The van der Waals surface area contributed by atoms with E-state index in [4.69, 9.17) is 0 Å². The van der Waals surface area contributed by atoms with Crippen molar-refractivity contribution in [3.8, 4) is 11.3 Å². The van der Waals surface area contributed by atoms with Crippen molar-refractivity contribution >= 4 is 0 Å². The van der Waals surface area contributed by atoms with Gasteiger partial charge in [-0.1, -0.05) is 12.1 Å². The van der Waals surface area contributed by atoms with E-state index >= 15 is 0 Å². The van der Waals surface area contributed by atoms with Gasteiger partial charge in [0.1, 0.15) is 0 Å². The summed E-state index contributed by atoms with van der Waals surface area (Å²) in [5.74, 6) is 0. The third-order valence-corrected chi connectivity index (χ3v) is 2.78. The summed E-state index contributed by atoms with van der Waals surface area (Å²) in [5, 5.41) is 2.63. The highest BCUT2D eigenvalue weighted by Gasteiger charge is 2.30. The Morgan fingerprint density at radius 1 is 1.16 bits per heavy atom. The zero-order valence-corrected chi connectivity index (χ0v) is 10.5. The number of nitrogens with one attached hydrogen (secondary N) is 1. The molecule has 0 unspecified atom stereocenters. The highest BCUT2D eigenvalue weighted by molar-refractivity contribution is 5.59. The van der Waals surface area contributed by atoms with Crippen LogP contribution in [0.25, 0.3) is 11.3 Å². The minimum atomic E-state index is -4.35. The Hall–Kier alpha value is -1.98. The molecule has 0 aliphatic heterocycles. The first kappa shape index (κ1) is 13.5. The van der Waals surface area contributed by atoms with E-state index < -0.39 is 11.7 Å². The first-order valence-electron chi connectivity index (χ1n) is 5.78. The maximum absolute atomic E-state index is 12.5. The second kappa shape index (κ2) is 4.60. The van der Waals surface area contributed by atoms with Gasteiger partial charge >= 0.3 is 6.18 Å². The van der Waals surface area contributed by atoms with E-state index in [1.165, 1.54) is 18.2 Å². The number of nitrogens with zero attached hydrogens (tertiary/aromatic N) is 1.